The van der Waals surface area contributed by atoms with Gasteiger partial charge in [0.05, 0.1) is 0 Å². The molecule has 2 unspecified atom stereocenters. The minimum Gasteiger partial charge on any atom is -0.352 e. The summed E-state index contributed by atoms with van der Waals surface area (Å²) in [4.78, 5) is 23.1. The second-order valence-electron chi connectivity index (χ2n) is 7.89. The van der Waals surface area contributed by atoms with E-state index in [0.29, 0.717) is 30.5 Å². The van der Waals surface area contributed by atoms with Crippen molar-refractivity contribution in [2.75, 3.05) is 6.54 Å². The van der Waals surface area contributed by atoms with Gasteiger partial charge in [-0.1, -0.05) is 55.3 Å². The molecule has 3 rings (SSSR count). The molecule has 2 aromatic rings. The molecule has 0 radical (unpaired) electrons. The lowest BCUT2D eigenvalue weighted by Crippen LogP contribution is -2.24. The number of amides is 2. The molecule has 6 nitrogen and oxygen atoms in total. The molecular formula is C24H31N3O3. The summed E-state index contributed by atoms with van der Waals surface area (Å²) in [5, 5.41) is 15.0. The molecule has 30 heavy (non-hydrogen) atoms. The third-order valence-electron chi connectivity index (χ3n) is 5.54. The molecule has 1 aliphatic carbocycles. The van der Waals surface area contributed by atoms with Crippen LogP contribution in [0, 0.1) is 0 Å². The third kappa shape index (κ3) is 6.97. The summed E-state index contributed by atoms with van der Waals surface area (Å²) in [6.45, 7) is 1.43. The Kier molecular flexibility index (Phi) is 8.41. The van der Waals surface area contributed by atoms with Crippen LogP contribution in [0.2, 0.25) is 0 Å². The Bertz CT molecular complexity index is 808. The minimum absolute atomic E-state index is 0.0551. The van der Waals surface area contributed by atoms with Gasteiger partial charge < -0.3 is 10.6 Å². The fourth-order valence-corrected chi connectivity index (χ4v) is 3.64. The normalized spacial score (nSPS) is 17.4. The molecule has 0 bridgehead atoms. The summed E-state index contributed by atoms with van der Waals surface area (Å²) in [7, 11) is 0. The van der Waals surface area contributed by atoms with Crippen LogP contribution in [0.4, 0.5) is 0 Å². The van der Waals surface area contributed by atoms with Crippen LogP contribution in [0.5, 0.6) is 0 Å². The smallest absolute Gasteiger partial charge is 0.251 e. The molecule has 0 aromatic heterocycles. The number of nitrogens with one attached hydrogen (secondary N) is 3. The Balaban J connectivity index is 1.29. The quantitative estimate of drug-likeness (QED) is 0.245. The molecule has 2 atom stereocenters. The molecule has 4 N–H and O–H groups in total. The van der Waals surface area contributed by atoms with Gasteiger partial charge in [0.1, 0.15) is 0 Å². The molecule has 0 aliphatic heterocycles. The number of hydroxylamine groups is 1. The molecule has 1 fully saturated rings. The van der Waals surface area contributed by atoms with E-state index in [2.05, 4.69) is 34.9 Å². The third-order valence-corrected chi connectivity index (χ3v) is 5.54. The van der Waals surface area contributed by atoms with Crippen LogP contribution in [-0.2, 0) is 11.3 Å². The zero-order valence-electron chi connectivity index (χ0n) is 17.3. The molecule has 0 saturated heterocycles. The molecular weight excluding hydrogens is 378 g/mol. The molecule has 1 saturated carbocycles. The average Bonchev–Trinajstić information content (AvgIpc) is 3.57. The minimum atomic E-state index is -0.352. The standard InChI is InChI=1S/C24H31N3O3/c28-23(27-30)10-6-1-2-7-15-25-24(29)20-13-11-18(12-14-20)17-26-22-16-21(22)19-8-4-3-5-9-19/h3-5,8-9,11-14,21-22,26,30H,1-2,6-7,10,15-17H2,(H,25,29)(H,27,28). The fourth-order valence-electron chi connectivity index (χ4n) is 3.64. The van der Waals surface area contributed by atoms with E-state index in [1.807, 2.05) is 30.3 Å². The summed E-state index contributed by atoms with van der Waals surface area (Å²) in [5.74, 6) is 0.207. The second kappa shape index (κ2) is 11.5. The monoisotopic (exact) mass is 409 g/mol. The maximum Gasteiger partial charge on any atom is 0.251 e. The highest BCUT2D eigenvalue weighted by molar-refractivity contribution is 5.94. The molecule has 1 aliphatic rings. The van der Waals surface area contributed by atoms with Gasteiger partial charge in [0.2, 0.25) is 5.91 Å². The van der Waals surface area contributed by atoms with Gasteiger partial charge in [0.25, 0.3) is 5.91 Å². The van der Waals surface area contributed by atoms with E-state index in [1.54, 1.807) is 5.48 Å². The number of hydrogen-bond acceptors (Lipinski definition) is 4. The van der Waals surface area contributed by atoms with Gasteiger partial charge in [0.15, 0.2) is 0 Å². The topological polar surface area (TPSA) is 90.5 Å². The van der Waals surface area contributed by atoms with Crippen LogP contribution < -0.4 is 16.1 Å². The lowest BCUT2D eigenvalue weighted by molar-refractivity contribution is -0.129. The van der Waals surface area contributed by atoms with Crippen LogP contribution in [0.15, 0.2) is 54.6 Å². The van der Waals surface area contributed by atoms with Crippen molar-refractivity contribution >= 4 is 11.8 Å². The molecule has 2 amide bonds. The Labute approximate surface area is 178 Å². The first-order valence-electron chi connectivity index (χ1n) is 10.8. The predicted molar refractivity (Wildman–Crippen MR) is 116 cm³/mol. The summed E-state index contributed by atoms with van der Waals surface area (Å²) < 4.78 is 0. The van der Waals surface area contributed by atoms with Crippen LogP contribution in [-0.4, -0.2) is 29.6 Å². The van der Waals surface area contributed by atoms with Crippen molar-refractivity contribution in [3.8, 4) is 0 Å². The van der Waals surface area contributed by atoms with Crippen LogP contribution >= 0.6 is 0 Å². The Hall–Kier alpha value is -2.70. The van der Waals surface area contributed by atoms with Gasteiger partial charge in [0, 0.05) is 37.0 Å². The van der Waals surface area contributed by atoms with Gasteiger partial charge >= 0.3 is 0 Å². The van der Waals surface area contributed by atoms with Crippen molar-refractivity contribution in [3.63, 3.8) is 0 Å². The van der Waals surface area contributed by atoms with E-state index in [1.165, 1.54) is 17.5 Å². The Morgan fingerprint density at radius 1 is 0.933 bits per heavy atom. The van der Waals surface area contributed by atoms with Crippen LogP contribution in [0.1, 0.15) is 65.9 Å². The predicted octanol–water partition coefficient (Wildman–Crippen LogP) is 3.52. The molecule has 6 heteroatoms. The van der Waals surface area contributed by atoms with Gasteiger partial charge in [-0.3, -0.25) is 14.8 Å². The first-order chi connectivity index (χ1) is 14.7. The van der Waals surface area contributed by atoms with Crippen molar-refractivity contribution in [1.29, 1.82) is 0 Å². The fraction of sp³-hybridized carbons (Fsp3) is 0.417. The van der Waals surface area contributed by atoms with Crippen molar-refractivity contribution in [2.45, 2.75) is 57.0 Å². The zero-order chi connectivity index (χ0) is 21.2. The SMILES string of the molecule is O=C(CCCCCCNC(=O)c1ccc(CNC2CC2c2ccccc2)cc1)NO. The maximum absolute atomic E-state index is 12.2. The van der Waals surface area contributed by atoms with Crippen LogP contribution in [0.3, 0.4) is 0 Å². The summed E-state index contributed by atoms with van der Waals surface area (Å²) in [6.07, 6.45) is 4.96. The van der Waals surface area contributed by atoms with E-state index in [0.717, 1.165) is 32.2 Å². The van der Waals surface area contributed by atoms with E-state index in [9.17, 15) is 9.59 Å². The number of hydrogen-bond donors (Lipinski definition) is 4. The largest absolute Gasteiger partial charge is 0.352 e. The number of benzene rings is 2. The van der Waals surface area contributed by atoms with E-state index >= 15 is 0 Å². The lowest BCUT2D eigenvalue weighted by atomic mass is 10.1. The number of unbranched alkanes of at least 4 members (excludes halogenated alkanes) is 3. The van der Waals surface area contributed by atoms with Gasteiger partial charge in [-0.15, -0.1) is 0 Å². The summed E-state index contributed by atoms with van der Waals surface area (Å²) >= 11 is 0. The van der Waals surface area contributed by atoms with E-state index in [4.69, 9.17) is 5.21 Å². The number of rotatable bonds is 12. The van der Waals surface area contributed by atoms with Crippen molar-refractivity contribution in [1.82, 2.24) is 16.1 Å². The summed E-state index contributed by atoms with van der Waals surface area (Å²) in [6, 6.07) is 18.9. The summed E-state index contributed by atoms with van der Waals surface area (Å²) in [5.41, 5.74) is 4.88. The van der Waals surface area contributed by atoms with E-state index in [-0.39, 0.29) is 11.8 Å². The maximum atomic E-state index is 12.2. The number of carbonyl (C=O) groups excluding carboxylic acids is 2. The van der Waals surface area contributed by atoms with E-state index < -0.39 is 0 Å². The van der Waals surface area contributed by atoms with Crippen molar-refractivity contribution < 1.29 is 14.8 Å². The second-order valence-corrected chi connectivity index (χ2v) is 7.89. The Morgan fingerprint density at radius 3 is 2.40 bits per heavy atom. The highest BCUT2D eigenvalue weighted by atomic mass is 16.5. The lowest BCUT2D eigenvalue weighted by Gasteiger charge is -2.08. The first-order valence-corrected chi connectivity index (χ1v) is 10.8. The first kappa shape index (κ1) is 22.0. The van der Waals surface area contributed by atoms with Crippen LogP contribution in [0.25, 0.3) is 0 Å². The average molecular weight is 410 g/mol. The van der Waals surface area contributed by atoms with Gasteiger partial charge in [-0.2, -0.15) is 0 Å². The number of carbonyl (C=O) groups is 2. The highest BCUT2D eigenvalue weighted by Gasteiger charge is 2.37. The molecule has 0 spiro atoms. The highest BCUT2D eigenvalue weighted by Crippen LogP contribution is 2.40. The zero-order valence-corrected chi connectivity index (χ0v) is 17.3. The van der Waals surface area contributed by atoms with Gasteiger partial charge in [-0.05, 0) is 42.5 Å². The Morgan fingerprint density at radius 2 is 1.67 bits per heavy atom. The molecule has 160 valence electrons. The molecule has 0 heterocycles. The molecule has 2 aromatic carbocycles. The van der Waals surface area contributed by atoms with Crippen molar-refractivity contribution in [2.24, 2.45) is 0 Å². The van der Waals surface area contributed by atoms with Crippen molar-refractivity contribution in [3.05, 3.63) is 71.3 Å². The van der Waals surface area contributed by atoms with Gasteiger partial charge in [-0.25, -0.2) is 5.48 Å².